The van der Waals surface area contributed by atoms with E-state index in [1.165, 1.54) is 35.6 Å². The third-order valence-corrected chi connectivity index (χ3v) is 4.97. The van der Waals surface area contributed by atoms with Crippen molar-refractivity contribution in [1.82, 2.24) is 0 Å². The summed E-state index contributed by atoms with van der Waals surface area (Å²) in [6.07, 6.45) is -1.22. The molecule has 132 valence electrons. The molecule has 0 radical (unpaired) electrons. The molecule has 3 heterocycles. The number of oxime groups is 1. The van der Waals surface area contributed by atoms with Crippen LogP contribution in [0, 0.1) is 11.1 Å². The number of carbonyl (C=O) groups excluding carboxylic acids is 3. The van der Waals surface area contributed by atoms with E-state index in [4.69, 9.17) is 10.0 Å². The summed E-state index contributed by atoms with van der Waals surface area (Å²) in [6.45, 7) is 0. The van der Waals surface area contributed by atoms with Crippen molar-refractivity contribution >= 4 is 46.0 Å². The van der Waals surface area contributed by atoms with Crippen LogP contribution in [0.15, 0.2) is 46.9 Å². The number of fused-ring (bicyclic) bond motifs is 1. The lowest BCUT2D eigenvalue weighted by Crippen LogP contribution is -2.34. The van der Waals surface area contributed by atoms with Crippen LogP contribution in [-0.4, -0.2) is 34.6 Å². The van der Waals surface area contributed by atoms with Crippen molar-refractivity contribution in [2.45, 2.75) is 6.10 Å². The molecular formula is C16H10N3O6S-. The van der Waals surface area contributed by atoms with Crippen molar-refractivity contribution in [1.29, 1.82) is 0 Å². The largest absolute Gasteiger partial charge is 0.733 e. The first kappa shape index (κ1) is 16.4. The fraction of sp³-hybridized carbons (Fsp3) is 0.125. The molecule has 1 fully saturated rings. The van der Waals surface area contributed by atoms with Crippen molar-refractivity contribution in [3.8, 4) is 0 Å². The molecule has 9 nitrogen and oxygen atoms in total. The quantitative estimate of drug-likeness (QED) is 0.491. The molecule has 2 aliphatic rings. The first-order valence-corrected chi connectivity index (χ1v) is 8.33. The number of ketones is 1. The number of amides is 2. The maximum atomic E-state index is 12.8. The molecule has 1 N–H and O–H groups in total. The molecule has 10 heteroatoms. The second kappa shape index (κ2) is 6.02. The topological polar surface area (TPSA) is 123 Å². The van der Waals surface area contributed by atoms with Gasteiger partial charge in [-0.05, 0) is 29.6 Å². The van der Waals surface area contributed by atoms with Gasteiger partial charge in [-0.15, -0.1) is 11.3 Å². The number of rotatable bonds is 4. The zero-order valence-corrected chi connectivity index (χ0v) is 13.8. The van der Waals surface area contributed by atoms with E-state index >= 15 is 0 Å². The van der Waals surface area contributed by atoms with E-state index in [1.807, 2.05) is 0 Å². The van der Waals surface area contributed by atoms with Crippen molar-refractivity contribution in [2.24, 2.45) is 11.1 Å². The molecule has 0 spiro atoms. The number of nitrogens with zero attached hydrogens (tertiary/aromatic N) is 3. The van der Waals surface area contributed by atoms with Gasteiger partial charge >= 0.3 is 0 Å². The van der Waals surface area contributed by atoms with Crippen LogP contribution in [0.3, 0.4) is 0 Å². The highest BCUT2D eigenvalue weighted by Gasteiger charge is 2.57. The Morgan fingerprint density at radius 3 is 2.77 bits per heavy atom. The van der Waals surface area contributed by atoms with E-state index in [0.29, 0.717) is 4.88 Å². The summed E-state index contributed by atoms with van der Waals surface area (Å²) in [4.78, 5) is 44.2. The number of Topliss-reactive ketones (excluding diaryl/α,β-unsaturated/α-hetero) is 1. The van der Waals surface area contributed by atoms with Crippen LogP contribution in [0.25, 0.3) is 0 Å². The summed E-state index contributed by atoms with van der Waals surface area (Å²) in [5, 5.41) is 25.0. The Kier molecular flexibility index (Phi) is 3.80. The summed E-state index contributed by atoms with van der Waals surface area (Å²) in [5.41, 5.74) is -0.181. The van der Waals surface area contributed by atoms with Crippen LogP contribution in [0.2, 0.25) is 0 Å². The molecule has 0 aliphatic carbocycles. The molecular weight excluding hydrogens is 362 g/mol. The Labute approximate surface area is 150 Å². The fourth-order valence-corrected chi connectivity index (χ4v) is 3.58. The van der Waals surface area contributed by atoms with E-state index in [-0.39, 0.29) is 22.3 Å². The second-order valence-corrected chi connectivity index (χ2v) is 6.54. The SMILES string of the molecule is O=C(C1=NOC2C(=O)N(c3cccc(N([O-])O)c3)C(=O)C12)c1cccs1. The third-order valence-electron chi connectivity index (χ3n) is 4.10. The zero-order valence-electron chi connectivity index (χ0n) is 12.9. The standard InChI is InChI=1S/C16H10N3O6S/c20-13(10-5-2-6-26-10)12-11-14(25-17-12)16(22)18(15(11)21)8-3-1-4-9(7-8)19(23)24/h1-7,11,14,23H/q-1. The Balaban J connectivity index is 1.67. The molecule has 2 aromatic rings. The van der Waals surface area contributed by atoms with Crippen LogP contribution in [0.5, 0.6) is 0 Å². The summed E-state index contributed by atoms with van der Waals surface area (Å²) in [6, 6.07) is 8.62. The van der Waals surface area contributed by atoms with Crippen molar-refractivity contribution < 1.29 is 24.4 Å². The average Bonchev–Trinajstić information content (AvgIpc) is 3.34. The van der Waals surface area contributed by atoms with Crippen LogP contribution in [-0.2, 0) is 14.4 Å². The average molecular weight is 372 g/mol. The number of hydrogen-bond donors (Lipinski definition) is 1. The van der Waals surface area contributed by atoms with E-state index in [9.17, 15) is 19.6 Å². The van der Waals surface area contributed by atoms with E-state index in [0.717, 1.165) is 4.90 Å². The molecule has 1 aromatic heterocycles. The summed E-state index contributed by atoms with van der Waals surface area (Å²) in [7, 11) is 0. The van der Waals surface area contributed by atoms with E-state index in [2.05, 4.69) is 5.16 Å². The smallest absolute Gasteiger partial charge is 0.278 e. The van der Waals surface area contributed by atoms with Gasteiger partial charge in [0.15, 0.2) is 0 Å². The fourth-order valence-electron chi connectivity index (χ4n) is 2.91. The van der Waals surface area contributed by atoms with Gasteiger partial charge in [0.2, 0.25) is 17.8 Å². The Hall–Kier alpha value is -3.08. The molecule has 26 heavy (non-hydrogen) atoms. The Morgan fingerprint density at radius 1 is 1.27 bits per heavy atom. The number of benzene rings is 1. The summed E-state index contributed by atoms with van der Waals surface area (Å²) < 4.78 is 0. The zero-order chi connectivity index (χ0) is 18.4. The maximum Gasteiger partial charge on any atom is 0.278 e. The lowest BCUT2D eigenvalue weighted by molar-refractivity contribution is -0.126. The Bertz CT molecular complexity index is 939. The number of anilines is 2. The molecule has 0 saturated carbocycles. The van der Waals surface area contributed by atoms with Crippen molar-refractivity contribution in [3.63, 3.8) is 0 Å². The molecule has 0 bridgehead atoms. The molecule has 2 unspecified atom stereocenters. The second-order valence-electron chi connectivity index (χ2n) is 5.59. The van der Waals surface area contributed by atoms with E-state index < -0.39 is 29.6 Å². The van der Waals surface area contributed by atoms with Gasteiger partial charge in [0, 0.05) is 0 Å². The predicted octanol–water partition coefficient (Wildman–Crippen LogP) is 1.57. The predicted molar refractivity (Wildman–Crippen MR) is 91.0 cm³/mol. The lowest BCUT2D eigenvalue weighted by atomic mass is 9.96. The first-order chi connectivity index (χ1) is 12.5. The Morgan fingerprint density at radius 2 is 2.08 bits per heavy atom. The molecule has 1 aromatic carbocycles. The highest BCUT2D eigenvalue weighted by molar-refractivity contribution is 7.13. The highest BCUT2D eigenvalue weighted by atomic mass is 32.1. The summed E-state index contributed by atoms with van der Waals surface area (Å²) >= 11 is 1.19. The maximum absolute atomic E-state index is 12.8. The van der Waals surface area contributed by atoms with Gasteiger partial charge in [0.05, 0.1) is 16.3 Å². The normalized spacial score (nSPS) is 21.5. The van der Waals surface area contributed by atoms with Gasteiger partial charge < -0.3 is 15.3 Å². The number of carbonyl (C=O) groups is 3. The first-order valence-electron chi connectivity index (χ1n) is 7.45. The molecule has 1 saturated heterocycles. The van der Waals surface area contributed by atoms with Gasteiger partial charge in [-0.1, -0.05) is 17.3 Å². The third kappa shape index (κ3) is 2.39. The van der Waals surface area contributed by atoms with Gasteiger partial charge in [0.25, 0.3) is 5.91 Å². The van der Waals surface area contributed by atoms with Gasteiger partial charge in [-0.3, -0.25) is 19.6 Å². The molecule has 2 amide bonds. The van der Waals surface area contributed by atoms with E-state index in [1.54, 1.807) is 17.5 Å². The van der Waals surface area contributed by atoms with Gasteiger partial charge in [-0.25, -0.2) is 4.90 Å². The van der Waals surface area contributed by atoms with Gasteiger partial charge in [0.1, 0.15) is 11.6 Å². The number of hydrogen-bond acceptors (Lipinski definition) is 9. The van der Waals surface area contributed by atoms with Crippen molar-refractivity contribution in [3.05, 3.63) is 51.9 Å². The monoisotopic (exact) mass is 372 g/mol. The lowest BCUT2D eigenvalue weighted by Gasteiger charge is -2.23. The minimum absolute atomic E-state index is 0.0910. The number of imide groups is 1. The van der Waals surface area contributed by atoms with Crippen molar-refractivity contribution in [2.75, 3.05) is 10.1 Å². The summed E-state index contributed by atoms with van der Waals surface area (Å²) in [5.74, 6) is -2.97. The molecule has 2 atom stereocenters. The molecule has 2 aliphatic heterocycles. The van der Waals surface area contributed by atoms with Crippen LogP contribution >= 0.6 is 11.3 Å². The minimum Gasteiger partial charge on any atom is -0.733 e. The molecule has 4 rings (SSSR count). The van der Waals surface area contributed by atoms with Crippen LogP contribution in [0.1, 0.15) is 9.67 Å². The van der Waals surface area contributed by atoms with Crippen LogP contribution in [0.4, 0.5) is 11.4 Å². The minimum atomic E-state index is -1.22. The van der Waals surface area contributed by atoms with Crippen LogP contribution < -0.4 is 10.1 Å². The van der Waals surface area contributed by atoms with Gasteiger partial charge in [-0.2, -0.15) is 0 Å². The number of thiophene rings is 1. The highest BCUT2D eigenvalue weighted by Crippen LogP contribution is 2.35.